The molecule has 158 valence electrons. The summed E-state index contributed by atoms with van der Waals surface area (Å²) in [6, 6.07) is 3.94. The second kappa shape index (κ2) is 9.47. The largest absolute Gasteiger partial charge is 0.497 e. The van der Waals surface area contributed by atoms with Crippen LogP contribution < -0.4 is 15.4 Å². The Labute approximate surface area is 164 Å². The fourth-order valence-corrected chi connectivity index (χ4v) is 3.08. The number of alkyl halides is 3. The van der Waals surface area contributed by atoms with Crippen molar-refractivity contribution in [3.63, 3.8) is 0 Å². The molecule has 0 radical (unpaired) electrons. The van der Waals surface area contributed by atoms with Crippen LogP contribution in [0.5, 0.6) is 5.75 Å². The van der Waals surface area contributed by atoms with Gasteiger partial charge in [0.15, 0.2) is 5.96 Å². The van der Waals surface area contributed by atoms with Crippen molar-refractivity contribution in [3.8, 4) is 5.75 Å². The average molecular weight is 402 g/mol. The van der Waals surface area contributed by atoms with Gasteiger partial charge in [-0.25, -0.2) is 0 Å². The smallest absolute Gasteiger partial charge is 0.416 e. The molecule has 0 unspecified atom stereocenters. The van der Waals surface area contributed by atoms with Crippen LogP contribution in [-0.2, 0) is 17.5 Å². The van der Waals surface area contributed by atoms with Gasteiger partial charge in [-0.2, -0.15) is 13.2 Å². The number of nitrogens with zero attached hydrogens (tertiary/aromatic N) is 2. The third kappa shape index (κ3) is 6.00. The van der Waals surface area contributed by atoms with Gasteiger partial charge in [-0.15, -0.1) is 0 Å². The first-order chi connectivity index (χ1) is 13.2. The van der Waals surface area contributed by atoms with E-state index in [0.29, 0.717) is 25.7 Å². The van der Waals surface area contributed by atoms with E-state index in [9.17, 15) is 13.2 Å². The van der Waals surface area contributed by atoms with Gasteiger partial charge in [0, 0.05) is 38.8 Å². The molecular formula is C19H29F3N4O2. The summed E-state index contributed by atoms with van der Waals surface area (Å²) in [4.78, 5) is 6.44. The first-order valence-electron chi connectivity index (χ1n) is 9.19. The Morgan fingerprint density at radius 3 is 2.46 bits per heavy atom. The summed E-state index contributed by atoms with van der Waals surface area (Å²) in [5.41, 5.74) is -0.731. The van der Waals surface area contributed by atoms with Crippen molar-refractivity contribution < 1.29 is 22.6 Å². The molecule has 0 atom stereocenters. The van der Waals surface area contributed by atoms with Crippen molar-refractivity contribution in [1.82, 2.24) is 15.5 Å². The molecule has 6 nitrogen and oxygen atoms in total. The molecule has 28 heavy (non-hydrogen) atoms. The van der Waals surface area contributed by atoms with Crippen LogP contribution in [0.15, 0.2) is 23.2 Å². The van der Waals surface area contributed by atoms with Crippen LogP contribution in [0.25, 0.3) is 0 Å². The maximum absolute atomic E-state index is 13.3. The number of ether oxygens (including phenoxy) is 2. The van der Waals surface area contributed by atoms with Crippen molar-refractivity contribution in [2.75, 3.05) is 47.0 Å². The van der Waals surface area contributed by atoms with E-state index in [1.54, 1.807) is 7.05 Å². The fraction of sp³-hybridized carbons (Fsp3) is 0.632. The van der Waals surface area contributed by atoms with E-state index < -0.39 is 11.7 Å². The second-order valence-corrected chi connectivity index (χ2v) is 7.21. The summed E-state index contributed by atoms with van der Waals surface area (Å²) in [6.07, 6.45) is -4.46. The van der Waals surface area contributed by atoms with Crippen LogP contribution in [0.3, 0.4) is 0 Å². The van der Waals surface area contributed by atoms with Crippen LogP contribution in [-0.4, -0.2) is 63.4 Å². The molecule has 1 aromatic rings. The highest BCUT2D eigenvalue weighted by Crippen LogP contribution is 2.34. The number of halogens is 3. The molecule has 2 N–H and O–H groups in total. The lowest BCUT2D eigenvalue weighted by Gasteiger charge is -2.41. The standard InChI is InChI=1S/C19H29F3N4O2/c1-18(2,26-7-9-28-10-8-26)13-25-17(23-3)24-12-14-5-6-15(27-4)11-16(14)19(20,21)22/h5-6,11H,7-10,12-13H2,1-4H3,(H2,23,24,25). The Morgan fingerprint density at radius 1 is 1.21 bits per heavy atom. The predicted octanol–water partition coefficient (Wildman–Crippen LogP) is 2.49. The van der Waals surface area contributed by atoms with E-state index in [4.69, 9.17) is 9.47 Å². The molecule has 0 bridgehead atoms. The number of hydrogen-bond donors (Lipinski definition) is 2. The Bertz CT molecular complexity index is 672. The molecule has 0 aromatic heterocycles. The summed E-state index contributed by atoms with van der Waals surface area (Å²) >= 11 is 0. The molecule has 1 aliphatic heterocycles. The summed E-state index contributed by atoms with van der Waals surface area (Å²) in [7, 11) is 2.94. The van der Waals surface area contributed by atoms with Gasteiger partial charge < -0.3 is 20.1 Å². The minimum atomic E-state index is -4.46. The van der Waals surface area contributed by atoms with E-state index in [1.165, 1.54) is 19.2 Å². The third-order valence-electron chi connectivity index (χ3n) is 4.85. The topological polar surface area (TPSA) is 58.1 Å². The molecule has 1 saturated heterocycles. The first kappa shape index (κ1) is 22.3. The molecule has 1 heterocycles. The normalized spacial score (nSPS) is 16.8. The van der Waals surface area contributed by atoms with Gasteiger partial charge >= 0.3 is 6.18 Å². The molecule has 0 amide bonds. The molecule has 2 rings (SSSR count). The van der Waals surface area contributed by atoms with Gasteiger partial charge in [-0.1, -0.05) is 6.07 Å². The molecular weight excluding hydrogens is 373 g/mol. The highest BCUT2D eigenvalue weighted by Gasteiger charge is 2.34. The summed E-state index contributed by atoms with van der Waals surface area (Å²) in [5, 5.41) is 6.17. The van der Waals surface area contributed by atoms with Gasteiger partial charge in [-0.3, -0.25) is 9.89 Å². The van der Waals surface area contributed by atoms with Crippen molar-refractivity contribution >= 4 is 5.96 Å². The van der Waals surface area contributed by atoms with Gasteiger partial charge in [0.05, 0.1) is 25.9 Å². The Kier molecular flexibility index (Phi) is 7.54. The molecule has 9 heteroatoms. The van der Waals surface area contributed by atoms with Crippen molar-refractivity contribution in [2.24, 2.45) is 4.99 Å². The maximum atomic E-state index is 13.3. The first-order valence-corrected chi connectivity index (χ1v) is 9.19. The highest BCUT2D eigenvalue weighted by atomic mass is 19.4. The molecule has 1 aromatic carbocycles. The molecule has 0 spiro atoms. The van der Waals surface area contributed by atoms with E-state index in [2.05, 4.69) is 34.4 Å². The number of nitrogens with one attached hydrogen (secondary N) is 2. The Morgan fingerprint density at radius 2 is 1.89 bits per heavy atom. The number of hydrogen-bond acceptors (Lipinski definition) is 4. The van der Waals surface area contributed by atoms with E-state index in [0.717, 1.165) is 19.2 Å². The maximum Gasteiger partial charge on any atom is 0.416 e. The van der Waals surface area contributed by atoms with Gasteiger partial charge in [0.25, 0.3) is 0 Å². The van der Waals surface area contributed by atoms with Gasteiger partial charge in [0.1, 0.15) is 5.75 Å². The van der Waals surface area contributed by atoms with Gasteiger partial charge in [0.2, 0.25) is 0 Å². The molecule has 0 aliphatic carbocycles. The zero-order chi connectivity index (χ0) is 20.8. The SMILES string of the molecule is CN=C(NCc1ccc(OC)cc1C(F)(F)F)NCC(C)(C)N1CCOCC1. The summed E-state index contributed by atoms with van der Waals surface area (Å²) in [5.74, 6) is 0.621. The summed E-state index contributed by atoms with van der Waals surface area (Å²) < 4.78 is 50.3. The predicted molar refractivity (Wildman–Crippen MR) is 103 cm³/mol. The summed E-state index contributed by atoms with van der Waals surface area (Å²) in [6.45, 7) is 7.93. The average Bonchev–Trinajstić information content (AvgIpc) is 2.68. The van der Waals surface area contributed by atoms with Crippen molar-refractivity contribution in [1.29, 1.82) is 0 Å². The number of rotatable bonds is 6. The van der Waals surface area contributed by atoms with Crippen LogP contribution >= 0.6 is 0 Å². The van der Waals surface area contributed by atoms with Crippen LogP contribution in [0, 0.1) is 0 Å². The Hall–Kier alpha value is -2.00. The molecule has 0 saturated carbocycles. The van der Waals surface area contributed by atoms with Crippen molar-refractivity contribution in [3.05, 3.63) is 29.3 Å². The molecule has 1 aliphatic rings. The third-order valence-corrected chi connectivity index (χ3v) is 4.85. The van der Waals surface area contributed by atoms with Gasteiger partial charge in [-0.05, 0) is 31.5 Å². The number of guanidine groups is 1. The number of benzene rings is 1. The number of aliphatic imine (C=N–C) groups is 1. The monoisotopic (exact) mass is 402 g/mol. The number of morpholine rings is 1. The lowest BCUT2D eigenvalue weighted by molar-refractivity contribution is -0.138. The highest BCUT2D eigenvalue weighted by molar-refractivity contribution is 5.79. The van der Waals surface area contributed by atoms with Crippen LogP contribution in [0.1, 0.15) is 25.0 Å². The zero-order valence-corrected chi connectivity index (χ0v) is 16.8. The lowest BCUT2D eigenvalue weighted by Crippen LogP contribution is -2.56. The van der Waals surface area contributed by atoms with E-state index >= 15 is 0 Å². The molecule has 1 fully saturated rings. The van der Waals surface area contributed by atoms with E-state index in [1.807, 2.05) is 0 Å². The lowest BCUT2D eigenvalue weighted by atomic mass is 10.0. The van der Waals surface area contributed by atoms with Crippen molar-refractivity contribution in [2.45, 2.75) is 32.1 Å². The minimum Gasteiger partial charge on any atom is -0.497 e. The van der Waals surface area contributed by atoms with Crippen LogP contribution in [0.4, 0.5) is 13.2 Å². The Balaban J connectivity index is 1.99. The zero-order valence-electron chi connectivity index (χ0n) is 16.8. The number of methoxy groups -OCH3 is 1. The second-order valence-electron chi connectivity index (χ2n) is 7.21. The quantitative estimate of drug-likeness (QED) is 0.566. The van der Waals surface area contributed by atoms with E-state index in [-0.39, 0.29) is 23.4 Å². The fourth-order valence-electron chi connectivity index (χ4n) is 3.08. The minimum absolute atomic E-state index is 0.00348. The van der Waals surface area contributed by atoms with Crippen LogP contribution in [0.2, 0.25) is 0 Å².